The third-order valence-electron chi connectivity index (χ3n) is 7.28. The number of aliphatic carboxylic acids is 1. The molecular formula is C34H70O3. The molecule has 0 bridgehead atoms. The molecule has 0 heterocycles. The van der Waals surface area contributed by atoms with E-state index in [0.29, 0.717) is 0 Å². The third kappa shape index (κ3) is 45.7. The smallest absolute Gasteiger partial charge is 0.300 e. The molecule has 1 N–H and O–H groups in total. The molecule has 3 heteroatoms. The second kappa shape index (κ2) is 37.6. The molecule has 37 heavy (non-hydrogen) atoms. The van der Waals surface area contributed by atoms with Gasteiger partial charge in [-0.15, -0.1) is 0 Å². The predicted octanol–water partition coefficient (Wildman–Crippen LogP) is 12.1. The molecule has 0 saturated heterocycles. The van der Waals surface area contributed by atoms with Crippen LogP contribution < -0.4 is 0 Å². The van der Waals surface area contributed by atoms with Gasteiger partial charge in [0.05, 0.1) is 0 Å². The number of rotatable bonds is 30. The first-order chi connectivity index (χ1) is 18.1. The zero-order valence-electron chi connectivity index (χ0n) is 26.0. The maximum atomic E-state index is 9.00. The number of hydrogen-bond donors (Lipinski definition) is 1. The average Bonchev–Trinajstić information content (AvgIpc) is 2.87. The second-order valence-corrected chi connectivity index (χ2v) is 11.3. The number of carboxylic acid groups (broad SMARTS) is 1. The highest BCUT2D eigenvalue weighted by Crippen LogP contribution is 2.14. The van der Waals surface area contributed by atoms with Crippen LogP contribution in [-0.4, -0.2) is 24.3 Å². The molecule has 0 radical (unpaired) electrons. The number of carbonyl (C=O) groups is 1. The Bertz CT molecular complexity index is 363. The van der Waals surface area contributed by atoms with Gasteiger partial charge in [0.2, 0.25) is 0 Å². The van der Waals surface area contributed by atoms with Crippen LogP contribution in [0.3, 0.4) is 0 Å². The Labute approximate surface area is 234 Å². The molecule has 0 aromatic rings. The number of hydrogen-bond acceptors (Lipinski definition) is 2. The fraction of sp³-hybridized carbons (Fsp3) is 0.971. The van der Waals surface area contributed by atoms with E-state index < -0.39 is 5.97 Å². The zero-order valence-corrected chi connectivity index (χ0v) is 26.0. The van der Waals surface area contributed by atoms with Crippen molar-refractivity contribution < 1.29 is 14.6 Å². The first-order valence-corrected chi connectivity index (χ1v) is 16.9. The fourth-order valence-corrected chi connectivity index (χ4v) is 4.90. The average molecular weight is 527 g/mol. The van der Waals surface area contributed by atoms with Crippen LogP contribution in [0, 0.1) is 0 Å². The summed E-state index contributed by atoms with van der Waals surface area (Å²) < 4.78 is 5.85. The Balaban J connectivity index is 0. The molecule has 0 aliphatic carbocycles. The molecule has 0 amide bonds. The van der Waals surface area contributed by atoms with Crippen molar-refractivity contribution in [1.82, 2.24) is 0 Å². The van der Waals surface area contributed by atoms with Gasteiger partial charge in [-0.05, 0) is 12.8 Å². The van der Waals surface area contributed by atoms with Gasteiger partial charge in [-0.1, -0.05) is 181 Å². The van der Waals surface area contributed by atoms with Crippen molar-refractivity contribution in [2.24, 2.45) is 0 Å². The van der Waals surface area contributed by atoms with Crippen molar-refractivity contribution in [3.05, 3.63) is 0 Å². The largest absolute Gasteiger partial charge is 0.481 e. The van der Waals surface area contributed by atoms with Gasteiger partial charge in [-0.25, -0.2) is 0 Å². The standard InChI is InChI=1S/C32H66O.C2H4O2/c1-3-5-7-9-11-13-15-17-19-21-23-25-27-29-31-33-32-30-28-26-24-22-20-18-16-14-12-10-8-6-4-2;1-2(3)4/h3-32H2,1-2H3;1H3,(H,3,4). The molecule has 0 unspecified atom stereocenters. The molecule has 0 rings (SSSR count). The summed E-state index contributed by atoms with van der Waals surface area (Å²) in [4.78, 5) is 9.00. The van der Waals surface area contributed by atoms with Crippen molar-refractivity contribution in [2.45, 2.75) is 201 Å². The second-order valence-electron chi connectivity index (χ2n) is 11.3. The molecule has 0 saturated carbocycles. The van der Waals surface area contributed by atoms with E-state index in [-0.39, 0.29) is 0 Å². The molecule has 3 nitrogen and oxygen atoms in total. The van der Waals surface area contributed by atoms with Crippen LogP contribution in [-0.2, 0) is 9.53 Å². The SMILES string of the molecule is CC(=O)O.CCCCCCCCCCCCCCCCOCCCCCCCCCCCCCCCC. The molecule has 0 aromatic heterocycles. The van der Waals surface area contributed by atoms with E-state index in [1.165, 1.54) is 180 Å². The molecule has 0 aliphatic heterocycles. The Kier molecular flexibility index (Phi) is 39.2. The van der Waals surface area contributed by atoms with E-state index in [1.54, 1.807) is 0 Å². The first-order valence-electron chi connectivity index (χ1n) is 16.9. The summed E-state index contributed by atoms with van der Waals surface area (Å²) in [6.07, 6.45) is 40.1. The lowest BCUT2D eigenvalue weighted by Gasteiger charge is -2.05. The first kappa shape index (κ1) is 38.6. The zero-order chi connectivity index (χ0) is 27.5. The highest BCUT2D eigenvalue weighted by Gasteiger charge is 1.96. The van der Waals surface area contributed by atoms with Crippen LogP contribution in [0.4, 0.5) is 0 Å². The Morgan fingerprint density at radius 1 is 0.405 bits per heavy atom. The predicted molar refractivity (Wildman–Crippen MR) is 165 cm³/mol. The third-order valence-corrected chi connectivity index (χ3v) is 7.28. The van der Waals surface area contributed by atoms with E-state index in [9.17, 15) is 0 Å². The summed E-state index contributed by atoms with van der Waals surface area (Å²) in [5, 5.41) is 7.42. The van der Waals surface area contributed by atoms with Crippen LogP contribution in [0.2, 0.25) is 0 Å². The van der Waals surface area contributed by atoms with E-state index >= 15 is 0 Å². The highest BCUT2D eigenvalue weighted by molar-refractivity contribution is 5.62. The van der Waals surface area contributed by atoms with Gasteiger partial charge >= 0.3 is 0 Å². The molecule has 0 fully saturated rings. The van der Waals surface area contributed by atoms with E-state index in [2.05, 4.69) is 13.8 Å². The van der Waals surface area contributed by atoms with Gasteiger partial charge in [-0.2, -0.15) is 0 Å². The lowest BCUT2D eigenvalue weighted by molar-refractivity contribution is -0.134. The van der Waals surface area contributed by atoms with Gasteiger partial charge in [0, 0.05) is 20.1 Å². The van der Waals surface area contributed by atoms with Gasteiger partial charge in [0.15, 0.2) is 0 Å². The van der Waals surface area contributed by atoms with Crippen molar-refractivity contribution in [1.29, 1.82) is 0 Å². The van der Waals surface area contributed by atoms with Crippen molar-refractivity contribution in [2.75, 3.05) is 13.2 Å². The number of unbranched alkanes of at least 4 members (excludes halogenated alkanes) is 26. The summed E-state index contributed by atoms with van der Waals surface area (Å²) in [7, 11) is 0. The minimum atomic E-state index is -0.833. The quantitative estimate of drug-likeness (QED) is 0.0946. The van der Waals surface area contributed by atoms with Crippen LogP contribution >= 0.6 is 0 Å². The monoisotopic (exact) mass is 527 g/mol. The molecule has 0 aromatic carbocycles. The summed E-state index contributed by atoms with van der Waals surface area (Å²) >= 11 is 0. The minimum absolute atomic E-state index is 0.833. The van der Waals surface area contributed by atoms with Crippen molar-refractivity contribution in [3.8, 4) is 0 Å². The Morgan fingerprint density at radius 3 is 0.757 bits per heavy atom. The van der Waals surface area contributed by atoms with Crippen LogP contribution in [0.15, 0.2) is 0 Å². The van der Waals surface area contributed by atoms with Gasteiger partial charge in [0.25, 0.3) is 5.97 Å². The number of carboxylic acids is 1. The fourth-order valence-electron chi connectivity index (χ4n) is 4.90. The summed E-state index contributed by atoms with van der Waals surface area (Å²) in [5.74, 6) is -0.833. The van der Waals surface area contributed by atoms with Crippen molar-refractivity contribution >= 4 is 5.97 Å². The molecular weight excluding hydrogens is 456 g/mol. The van der Waals surface area contributed by atoms with Gasteiger partial charge < -0.3 is 9.84 Å². The maximum absolute atomic E-state index is 9.00. The minimum Gasteiger partial charge on any atom is -0.481 e. The molecule has 0 spiro atoms. The summed E-state index contributed by atoms with van der Waals surface area (Å²) in [6.45, 7) is 7.68. The van der Waals surface area contributed by atoms with E-state index in [1.807, 2.05) is 0 Å². The van der Waals surface area contributed by atoms with E-state index in [0.717, 1.165) is 20.1 Å². The topological polar surface area (TPSA) is 46.5 Å². The van der Waals surface area contributed by atoms with Crippen LogP contribution in [0.25, 0.3) is 0 Å². The Hall–Kier alpha value is -0.570. The lowest BCUT2D eigenvalue weighted by atomic mass is 10.0. The summed E-state index contributed by atoms with van der Waals surface area (Å²) in [5.41, 5.74) is 0. The van der Waals surface area contributed by atoms with E-state index in [4.69, 9.17) is 14.6 Å². The maximum Gasteiger partial charge on any atom is 0.300 e. The van der Waals surface area contributed by atoms with Crippen molar-refractivity contribution in [3.63, 3.8) is 0 Å². The Morgan fingerprint density at radius 2 is 0.568 bits per heavy atom. The highest BCUT2D eigenvalue weighted by atomic mass is 16.5. The number of ether oxygens (including phenoxy) is 1. The van der Waals surface area contributed by atoms with Gasteiger partial charge in [0.1, 0.15) is 0 Å². The molecule has 224 valence electrons. The van der Waals surface area contributed by atoms with Crippen LogP contribution in [0.1, 0.15) is 201 Å². The molecule has 0 atom stereocenters. The molecule has 0 aliphatic rings. The van der Waals surface area contributed by atoms with Gasteiger partial charge in [-0.3, -0.25) is 4.79 Å². The normalized spacial score (nSPS) is 10.9. The lowest BCUT2D eigenvalue weighted by Crippen LogP contribution is -1.97. The summed E-state index contributed by atoms with van der Waals surface area (Å²) in [6, 6.07) is 0. The van der Waals surface area contributed by atoms with Crippen LogP contribution in [0.5, 0.6) is 0 Å².